The molecule has 80 valence electrons. The lowest BCUT2D eigenvalue weighted by Crippen LogP contribution is -2.42. The molecule has 14 heavy (non-hydrogen) atoms. The van der Waals surface area contributed by atoms with Crippen molar-refractivity contribution in [3.63, 3.8) is 0 Å². The van der Waals surface area contributed by atoms with Crippen molar-refractivity contribution >= 4 is 11.8 Å². The third kappa shape index (κ3) is 3.33. The Morgan fingerprint density at radius 1 is 1.57 bits per heavy atom. The third-order valence-electron chi connectivity index (χ3n) is 2.21. The minimum absolute atomic E-state index is 0.0274. The Labute approximate surface area is 83.6 Å². The first-order valence-corrected chi connectivity index (χ1v) is 4.95. The summed E-state index contributed by atoms with van der Waals surface area (Å²) in [5.74, 6) is -0.0904. The minimum Gasteiger partial charge on any atom is -0.354 e. The molecule has 2 amide bonds. The van der Waals surface area contributed by atoms with E-state index < -0.39 is 0 Å². The molecule has 5 nitrogen and oxygen atoms in total. The second kappa shape index (κ2) is 5.59. The van der Waals surface area contributed by atoms with E-state index in [0.717, 1.165) is 13.0 Å². The van der Waals surface area contributed by atoms with Crippen LogP contribution < -0.4 is 16.0 Å². The highest BCUT2D eigenvalue weighted by molar-refractivity contribution is 5.90. The van der Waals surface area contributed by atoms with Crippen LogP contribution in [0.5, 0.6) is 0 Å². The van der Waals surface area contributed by atoms with Crippen molar-refractivity contribution in [3.8, 4) is 0 Å². The second-order valence-corrected chi connectivity index (χ2v) is 3.41. The second-order valence-electron chi connectivity index (χ2n) is 3.41. The average molecular weight is 199 g/mol. The van der Waals surface area contributed by atoms with Gasteiger partial charge < -0.3 is 16.0 Å². The van der Waals surface area contributed by atoms with Gasteiger partial charge in [-0.1, -0.05) is 0 Å². The van der Waals surface area contributed by atoms with Crippen LogP contribution in [0.2, 0.25) is 0 Å². The van der Waals surface area contributed by atoms with Gasteiger partial charge in [0.25, 0.3) is 0 Å². The van der Waals surface area contributed by atoms with Gasteiger partial charge in [-0.3, -0.25) is 9.59 Å². The Morgan fingerprint density at radius 2 is 2.36 bits per heavy atom. The van der Waals surface area contributed by atoms with Crippen LogP contribution in [0.4, 0.5) is 0 Å². The predicted octanol–water partition coefficient (Wildman–Crippen LogP) is -1.01. The van der Waals surface area contributed by atoms with Crippen LogP contribution in [0, 0.1) is 0 Å². The first-order valence-electron chi connectivity index (χ1n) is 4.95. The summed E-state index contributed by atoms with van der Waals surface area (Å²) >= 11 is 0. The number of carbonyl (C=O) groups excluding carboxylic acids is 2. The van der Waals surface area contributed by atoms with Gasteiger partial charge in [0.15, 0.2) is 0 Å². The SMILES string of the molecule is CNCCCNC(=O)[C@H]1CCC(=O)N1. The van der Waals surface area contributed by atoms with E-state index in [1.807, 2.05) is 7.05 Å². The Hall–Kier alpha value is -1.10. The Balaban J connectivity index is 2.12. The van der Waals surface area contributed by atoms with Crippen LogP contribution in [0.1, 0.15) is 19.3 Å². The third-order valence-corrected chi connectivity index (χ3v) is 2.21. The molecule has 0 aliphatic carbocycles. The number of amides is 2. The number of hydrogen-bond acceptors (Lipinski definition) is 3. The van der Waals surface area contributed by atoms with Crippen molar-refractivity contribution in [3.05, 3.63) is 0 Å². The summed E-state index contributed by atoms with van der Waals surface area (Å²) in [7, 11) is 1.87. The molecule has 1 atom stereocenters. The molecule has 1 heterocycles. The van der Waals surface area contributed by atoms with Gasteiger partial charge in [-0.2, -0.15) is 0 Å². The van der Waals surface area contributed by atoms with Crippen molar-refractivity contribution in [2.24, 2.45) is 0 Å². The first-order chi connectivity index (χ1) is 6.74. The normalized spacial score (nSPS) is 20.6. The van der Waals surface area contributed by atoms with Crippen molar-refractivity contribution in [2.75, 3.05) is 20.1 Å². The average Bonchev–Trinajstić information content (AvgIpc) is 2.59. The molecule has 0 unspecified atom stereocenters. The van der Waals surface area contributed by atoms with Crippen molar-refractivity contribution < 1.29 is 9.59 Å². The molecule has 0 aromatic carbocycles. The van der Waals surface area contributed by atoms with Crippen LogP contribution >= 0.6 is 0 Å². The van der Waals surface area contributed by atoms with Crippen LogP contribution in [-0.2, 0) is 9.59 Å². The van der Waals surface area contributed by atoms with Gasteiger partial charge in [-0.25, -0.2) is 0 Å². The van der Waals surface area contributed by atoms with E-state index >= 15 is 0 Å². The molecule has 1 saturated heterocycles. The lowest BCUT2D eigenvalue weighted by Gasteiger charge is -2.10. The zero-order chi connectivity index (χ0) is 10.4. The first kappa shape index (κ1) is 11.0. The van der Waals surface area contributed by atoms with Crippen molar-refractivity contribution in [2.45, 2.75) is 25.3 Å². The lowest BCUT2D eigenvalue weighted by atomic mass is 10.2. The van der Waals surface area contributed by atoms with E-state index in [1.165, 1.54) is 0 Å². The molecule has 0 bridgehead atoms. The molecule has 0 radical (unpaired) electrons. The molecule has 3 N–H and O–H groups in total. The highest BCUT2D eigenvalue weighted by Gasteiger charge is 2.26. The number of nitrogens with one attached hydrogen (secondary N) is 3. The van der Waals surface area contributed by atoms with E-state index in [2.05, 4.69) is 16.0 Å². The minimum atomic E-state index is -0.308. The zero-order valence-electron chi connectivity index (χ0n) is 8.43. The summed E-state index contributed by atoms with van der Waals surface area (Å²) in [6.45, 7) is 1.54. The maximum atomic E-state index is 11.4. The van der Waals surface area contributed by atoms with Gasteiger partial charge >= 0.3 is 0 Å². The summed E-state index contributed by atoms with van der Waals surface area (Å²) in [5.41, 5.74) is 0. The van der Waals surface area contributed by atoms with Crippen LogP contribution in [-0.4, -0.2) is 38.0 Å². The molecule has 1 aliphatic rings. The quantitative estimate of drug-likeness (QED) is 0.497. The molecule has 0 aromatic rings. The van der Waals surface area contributed by atoms with Gasteiger partial charge in [0.05, 0.1) is 0 Å². The molecule has 0 saturated carbocycles. The van der Waals surface area contributed by atoms with E-state index in [-0.39, 0.29) is 17.9 Å². The maximum Gasteiger partial charge on any atom is 0.242 e. The van der Waals surface area contributed by atoms with Crippen LogP contribution in [0.3, 0.4) is 0 Å². The molecule has 0 spiro atoms. The van der Waals surface area contributed by atoms with Crippen molar-refractivity contribution in [1.29, 1.82) is 0 Å². The number of rotatable bonds is 5. The molecular weight excluding hydrogens is 182 g/mol. The van der Waals surface area contributed by atoms with E-state index in [0.29, 0.717) is 19.4 Å². The highest BCUT2D eigenvalue weighted by Crippen LogP contribution is 2.05. The molecular formula is C9H17N3O2. The maximum absolute atomic E-state index is 11.4. The molecule has 1 rings (SSSR count). The fraction of sp³-hybridized carbons (Fsp3) is 0.778. The van der Waals surface area contributed by atoms with Gasteiger partial charge in [-0.15, -0.1) is 0 Å². The van der Waals surface area contributed by atoms with E-state index in [1.54, 1.807) is 0 Å². The predicted molar refractivity (Wildman–Crippen MR) is 52.7 cm³/mol. The highest BCUT2D eigenvalue weighted by atomic mass is 16.2. The molecule has 1 fully saturated rings. The van der Waals surface area contributed by atoms with E-state index in [9.17, 15) is 9.59 Å². The van der Waals surface area contributed by atoms with Crippen LogP contribution in [0.15, 0.2) is 0 Å². The number of hydrogen-bond donors (Lipinski definition) is 3. The van der Waals surface area contributed by atoms with Crippen LogP contribution in [0.25, 0.3) is 0 Å². The van der Waals surface area contributed by atoms with Gasteiger partial charge in [0.1, 0.15) is 6.04 Å². The standard InChI is InChI=1S/C9H17N3O2/c1-10-5-2-6-11-9(14)7-3-4-8(13)12-7/h7,10H,2-6H2,1H3,(H,11,14)(H,12,13)/t7-/m1/s1. The Bertz CT molecular complexity index is 218. The van der Waals surface area contributed by atoms with Gasteiger partial charge in [0, 0.05) is 13.0 Å². The summed E-state index contributed by atoms with van der Waals surface area (Å²) < 4.78 is 0. The van der Waals surface area contributed by atoms with Crippen molar-refractivity contribution in [1.82, 2.24) is 16.0 Å². The summed E-state index contributed by atoms with van der Waals surface area (Å²) in [5, 5.41) is 8.41. The fourth-order valence-corrected chi connectivity index (χ4v) is 1.41. The largest absolute Gasteiger partial charge is 0.354 e. The Kier molecular flexibility index (Phi) is 4.39. The summed E-state index contributed by atoms with van der Waals surface area (Å²) in [6.07, 6.45) is 1.99. The van der Waals surface area contributed by atoms with E-state index in [4.69, 9.17) is 0 Å². The molecule has 0 aromatic heterocycles. The monoisotopic (exact) mass is 199 g/mol. The molecule has 1 aliphatic heterocycles. The topological polar surface area (TPSA) is 70.2 Å². The zero-order valence-corrected chi connectivity index (χ0v) is 8.43. The number of carbonyl (C=O) groups is 2. The summed E-state index contributed by atoms with van der Waals surface area (Å²) in [6, 6.07) is -0.308. The summed E-state index contributed by atoms with van der Waals surface area (Å²) in [4.78, 5) is 22.2. The van der Waals surface area contributed by atoms with Gasteiger partial charge in [-0.05, 0) is 26.4 Å². The fourth-order valence-electron chi connectivity index (χ4n) is 1.41. The Morgan fingerprint density at radius 3 is 2.93 bits per heavy atom. The lowest BCUT2D eigenvalue weighted by molar-refractivity contribution is -0.125. The van der Waals surface area contributed by atoms with Gasteiger partial charge in [0.2, 0.25) is 11.8 Å². The smallest absolute Gasteiger partial charge is 0.242 e. The molecule has 5 heteroatoms.